The number of benzene rings is 1. The van der Waals surface area contributed by atoms with Crippen molar-refractivity contribution in [1.29, 1.82) is 0 Å². The Morgan fingerprint density at radius 1 is 1.21 bits per heavy atom. The molecule has 0 heterocycles. The minimum atomic E-state index is -3.24. The second-order valence-corrected chi connectivity index (χ2v) is 8.24. The van der Waals surface area contributed by atoms with E-state index in [0.29, 0.717) is 5.56 Å². The number of aliphatic hydroxyl groups is 1. The van der Waals surface area contributed by atoms with E-state index < -0.39 is 21.2 Å². The second kappa shape index (κ2) is 5.63. The minimum absolute atomic E-state index is 0.0892. The van der Waals surface area contributed by atoms with Gasteiger partial charge in [0.1, 0.15) is 0 Å². The smallest absolute Gasteiger partial charge is 0.152 e. The lowest BCUT2D eigenvalue weighted by atomic mass is 9.82. The normalized spacial score (nSPS) is 16.1. The Morgan fingerprint density at radius 2 is 1.68 bits per heavy atom. The zero-order chi connectivity index (χ0) is 14.8. The lowest BCUT2D eigenvalue weighted by Gasteiger charge is -2.24. The minimum Gasteiger partial charge on any atom is -0.387 e. The number of aliphatic hydroxyl groups excluding tert-OH is 1. The topological polar surface area (TPSA) is 54.4 Å². The van der Waals surface area contributed by atoms with Crippen LogP contribution in [0.3, 0.4) is 0 Å². The fourth-order valence-corrected chi connectivity index (χ4v) is 2.47. The largest absolute Gasteiger partial charge is 0.387 e. The lowest BCUT2D eigenvalue weighted by Crippen LogP contribution is -2.24. The summed E-state index contributed by atoms with van der Waals surface area (Å²) in [5.74, 6) is 0. The molecule has 0 amide bonds. The van der Waals surface area contributed by atoms with Crippen LogP contribution in [0.15, 0.2) is 24.3 Å². The summed E-state index contributed by atoms with van der Waals surface area (Å²) in [5, 5.41) is 9.30. The molecule has 0 saturated carbocycles. The van der Waals surface area contributed by atoms with Crippen LogP contribution in [0, 0.1) is 0 Å². The Hall–Kier alpha value is -0.870. The van der Waals surface area contributed by atoms with Gasteiger partial charge in [-0.15, -0.1) is 0 Å². The van der Waals surface area contributed by atoms with Gasteiger partial charge in [-0.3, -0.25) is 0 Å². The molecule has 0 aliphatic rings. The van der Waals surface area contributed by atoms with Crippen LogP contribution in [0.5, 0.6) is 0 Å². The molecule has 1 N–H and O–H groups in total. The van der Waals surface area contributed by atoms with E-state index in [0.717, 1.165) is 12.7 Å². The van der Waals surface area contributed by atoms with Crippen molar-refractivity contribution in [3.05, 3.63) is 35.4 Å². The van der Waals surface area contributed by atoms with E-state index in [-0.39, 0.29) is 5.41 Å². The van der Waals surface area contributed by atoms with Crippen molar-refractivity contribution in [2.75, 3.05) is 6.26 Å². The maximum Gasteiger partial charge on any atom is 0.152 e. The summed E-state index contributed by atoms with van der Waals surface area (Å²) in [6, 6.07) is 7.58. The molecule has 3 nitrogen and oxygen atoms in total. The van der Waals surface area contributed by atoms with Gasteiger partial charge in [0.2, 0.25) is 0 Å². The second-order valence-electron chi connectivity index (χ2n) is 5.84. The fraction of sp³-hybridized carbons (Fsp3) is 0.600. The van der Waals surface area contributed by atoms with Gasteiger partial charge in [-0.1, -0.05) is 45.0 Å². The Kier molecular flexibility index (Phi) is 4.80. The highest BCUT2D eigenvalue weighted by Crippen LogP contribution is 2.29. The SMILES string of the molecule is CCC(C)(C)c1ccc(C(O)C(C)S(C)(=O)=O)cc1. The molecule has 1 aromatic rings. The standard InChI is InChI=1S/C15H24O3S/c1-6-15(3,4)13-9-7-12(8-10-13)14(16)11(2)19(5,17)18/h7-11,14,16H,6H2,1-5H3. The van der Waals surface area contributed by atoms with E-state index >= 15 is 0 Å². The van der Waals surface area contributed by atoms with E-state index in [9.17, 15) is 13.5 Å². The van der Waals surface area contributed by atoms with E-state index in [4.69, 9.17) is 0 Å². The molecule has 0 aliphatic carbocycles. The molecule has 2 atom stereocenters. The van der Waals surface area contributed by atoms with Crippen molar-refractivity contribution in [2.45, 2.75) is 50.9 Å². The van der Waals surface area contributed by atoms with Crippen LogP contribution in [-0.2, 0) is 15.3 Å². The summed E-state index contributed by atoms with van der Waals surface area (Å²) in [4.78, 5) is 0. The molecule has 0 saturated heterocycles. The van der Waals surface area contributed by atoms with E-state index in [2.05, 4.69) is 20.8 Å². The average molecular weight is 284 g/mol. The highest BCUT2D eigenvalue weighted by Gasteiger charge is 2.26. The third-order valence-corrected chi connectivity index (χ3v) is 5.65. The van der Waals surface area contributed by atoms with Crippen LogP contribution in [0.1, 0.15) is 51.3 Å². The number of sulfone groups is 1. The molecular formula is C15H24O3S. The third kappa shape index (κ3) is 3.80. The summed E-state index contributed by atoms with van der Waals surface area (Å²) >= 11 is 0. The van der Waals surface area contributed by atoms with E-state index in [1.807, 2.05) is 24.3 Å². The van der Waals surface area contributed by atoms with Gasteiger partial charge < -0.3 is 5.11 Å². The van der Waals surface area contributed by atoms with Gasteiger partial charge >= 0.3 is 0 Å². The Morgan fingerprint density at radius 3 is 2.05 bits per heavy atom. The van der Waals surface area contributed by atoms with Crippen molar-refractivity contribution >= 4 is 9.84 Å². The van der Waals surface area contributed by atoms with Gasteiger partial charge in [-0.2, -0.15) is 0 Å². The van der Waals surface area contributed by atoms with Crippen LogP contribution in [-0.4, -0.2) is 25.0 Å². The summed E-state index contributed by atoms with van der Waals surface area (Å²) in [5.41, 5.74) is 1.93. The Labute approximate surface area is 116 Å². The van der Waals surface area contributed by atoms with Crippen LogP contribution in [0.2, 0.25) is 0 Å². The predicted octanol–water partition coefficient (Wildman–Crippen LogP) is 2.84. The average Bonchev–Trinajstić information content (AvgIpc) is 2.36. The van der Waals surface area contributed by atoms with Crippen molar-refractivity contribution in [1.82, 2.24) is 0 Å². The zero-order valence-corrected chi connectivity index (χ0v) is 13.2. The van der Waals surface area contributed by atoms with Gasteiger partial charge in [0, 0.05) is 6.26 Å². The van der Waals surface area contributed by atoms with Gasteiger partial charge in [0.25, 0.3) is 0 Å². The first-order valence-corrected chi connectivity index (χ1v) is 8.52. The number of rotatable bonds is 5. The van der Waals surface area contributed by atoms with Gasteiger partial charge in [-0.25, -0.2) is 8.42 Å². The monoisotopic (exact) mass is 284 g/mol. The van der Waals surface area contributed by atoms with Gasteiger partial charge in [-0.05, 0) is 29.9 Å². The maximum atomic E-state index is 11.5. The highest BCUT2D eigenvalue weighted by molar-refractivity contribution is 7.91. The summed E-state index contributed by atoms with van der Waals surface area (Å²) in [6.45, 7) is 7.99. The van der Waals surface area contributed by atoms with Gasteiger partial charge in [0.15, 0.2) is 9.84 Å². The number of hydrogen-bond acceptors (Lipinski definition) is 3. The first-order chi connectivity index (χ1) is 8.59. The molecule has 4 heteroatoms. The molecule has 0 aromatic heterocycles. The predicted molar refractivity (Wildman–Crippen MR) is 79.0 cm³/mol. The van der Waals surface area contributed by atoms with Crippen molar-refractivity contribution in [2.24, 2.45) is 0 Å². The molecular weight excluding hydrogens is 260 g/mol. The van der Waals surface area contributed by atoms with Crippen LogP contribution < -0.4 is 0 Å². The van der Waals surface area contributed by atoms with Crippen molar-refractivity contribution in [3.63, 3.8) is 0 Å². The molecule has 0 bridgehead atoms. The highest BCUT2D eigenvalue weighted by atomic mass is 32.2. The Bertz CT molecular complexity index is 515. The molecule has 108 valence electrons. The molecule has 19 heavy (non-hydrogen) atoms. The lowest BCUT2D eigenvalue weighted by molar-refractivity contribution is 0.176. The third-order valence-electron chi connectivity index (χ3n) is 4.04. The van der Waals surface area contributed by atoms with E-state index in [1.165, 1.54) is 12.5 Å². The summed E-state index contributed by atoms with van der Waals surface area (Å²) in [7, 11) is -3.24. The molecule has 0 aliphatic heterocycles. The number of hydrogen-bond donors (Lipinski definition) is 1. The first kappa shape index (κ1) is 16.2. The first-order valence-electron chi connectivity index (χ1n) is 6.57. The summed E-state index contributed by atoms with van der Waals surface area (Å²) in [6.07, 6.45) is 1.19. The maximum absolute atomic E-state index is 11.5. The van der Waals surface area contributed by atoms with Gasteiger partial charge in [0.05, 0.1) is 11.4 Å². The van der Waals surface area contributed by atoms with Crippen LogP contribution >= 0.6 is 0 Å². The zero-order valence-electron chi connectivity index (χ0n) is 12.3. The molecule has 1 aromatic carbocycles. The summed E-state index contributed by atoms with van der Waals surface area (Å²) < 4.78 is 22.9. The van der Waals surface area contributed by atoms with Crippen LogP contribution in [0.4, 0.5) is 0 Å². The van der Waals surface area contributed by atoms with Crippen molar-refractivity contribution in [3.8, 4) is 0 Å². The van der Waals surface area contributed by atoms with Crippen molar-refractivity contribution < 1.29 is 13.5 Å². The van der Waals surface area contributed by atoms with E-state index in [1.54, 1.807) is 0 Å². The van der Waals surface area contributed by atoms with Crippen LogP contribution in [0.25, 0.3) is 0 Å². The molecule has 0 radical (unpaired) electrons. The molecule has 0 spiro atoms. The quantitative estimate of drug-likeness (QED) is 0.904. The molecule has 0 fully saturated rings. The Balaban J connectivity index is 3.00. The molecule has 2 unspecified atom stereocenters. The molecule has 1 rings (SSSR count). The fourth-order valence-electron chi connectivity index (χ4n) is 1.84.